The van der Waals surface area contributed by atoms with Crippen molar-refractivity contribution < 1.29 is 27.6 Å². The SMILES string of the molecule is Cc1c(-c2ccc(C(=O)N3CCCC(N)[C@H]3O)s2)noc1C(F)(F)F.Cl. The Kier molecular flexibility index (Phi) is 6.01. The highest BCUT2D eigenvalue weighted by atomic mass is 35.5. The maximum atomic E-state index is 12.8. The number of hydrogen-bond donors (Lipinski definition) is 2. The van der Waals surface area contributed by atoms with Crippen LogP contribution in [0.1, 0.15) is 33.8 Å². The van der Waals surface area contributed by atoms with E-state index in [4.69, 9.17) is 5.73 Å². The van der Waals surface area contributed by atoms with E-state index in [2.05, 4.69) is 9.68 Å². The summed E-state index contributed by atoms with van der Waals surface area (Å²) >= 11 is 0.996. The maximum Gasteiger partial charge on any atom is 0.452 e. The van der Waals surface area contributed by atoms with Gasteiger partial charge in [-0.3, -0.25) is 4.79 Å². The van der Waals surface area contributed by atoms with E-state index < -0.39 is 30.1 Å². The quantitative estimate of drug-likeness (QED) is 0.792. The Balaban J connectivity index is 0.00000243. The van der Waals surface area contributed by atoms with Crippen molar-refractivity contribution in [3.05, 3.63) is 28.3 Å². The van der Waals surface area contributed by atoms with Crippen LogP contribution in [0.2, 0.25) is 0 Å². The van der Waals surface area contributed by atoms with E-state index in [0.717, 1.165) is 11.3 Å². The van der Waals surface area contributed by atoms with Crippen LogP contribution in [0.3, 0.4) is 0 Å². The van der Waals surface area contributed by atoms with Crippen molar-refractivity contribution in [2.24, 2.45) is 5.73 Å². The number of halogens is 4. The van der Waals surface area contributed by atoms with Crippen molar-refractivity contribution in [3.63, 3.8) is 0 Å². The number of alkyl halides is 3. The number of aliphatic hydroxyl groups excluding tert-OH is 1. The van der Waals surface area contributed by atoms with Crippen LogP contribution in [0.4, 0.5) is 13.2 Å². The van der Waals surface area contributed by atoms with Crippen LogP contribution in [-0.4, -0.2) is 39.9 Å². The Labute approximate surface area is 157 Å². The fourth-order valence-electron chi connectivity index (χ4n) is 2.78. The monoisotopic (exact) mass is 411 g/mol. The molecule has 0 aliphatic carbocycles. The second-order valence-electron chi connectivity index (χ2n) is 5.87. The molecule has 3 heterocycles. The molecule has 0 aromatic carbocycles. The first-order valence-electron chi connectivity index (χ1n) is 7.58. The predicted molar refractivity (Wildman–Crippen MR) is 91.1 cm³/mol. The molecule has 1 saturated heterocycles. The molecule has 6 nitrogen and oxygen atoms in total. The summed E-state index contributed by atoms with van der Waals surface area (Å²) in [4.78, 5) is 14.5. The number of thiophene rings is 1. The lowest BCUT2D eigenvalue weighted by Crippen LogP contribution is -2.54. The Bertz CT molecular complexity index is 793. The number of hydrogen-bond acceptors (Lipinski definition) is 6. The highest BCUT2D eigenvalue weighted by molar-refractivity contribution is 7.17. The number of rotatable bonds is 2. The third-order valence-corrected chi connectivity index (χ3v) is 5.21. The Morgan fingerprint density at radius 3 is 2.77 bits per heavy atom. The Morgan fingerprint density at radius 1 is 1.46 bits per heavy atom. The van der Waals surface area contributed by atoms with Gasteiger partial charge < -0.3 is 20.3 Å². The summed E-state index contributed by atoms with van der Waals surface area (Å²) in [6.07, 6.45) is -4.39. The second-order valence-corrected chi connectivity index (χ2v) is 6.95. The Hall–Kier alpha value is -1.62. The van der Waals surface area contributed by atoms with E-state index in [0.29, 0.717) is 29.1 Å². The lowest BCUT2D eigenvalue weighted by molar-refractivity contribution is -0.156. The van der Waals surface area contributed by atoms with E-state index in [1.807, 2.05) is 0 Å². The molecule has 11 heteroatoms. The topological polar surface area (TPSA) is 92.6 Å². The van der Waals surface area contributed by atoms with Crippen LogP contribution in [0, 0.1) is 6.92 Å². The summed E-state index contributed by atoms with van der Waals surface area (Å²) in [5, 5.41) is 13.5. The molecule has 0 saturated carbocycles. The first kappa shape index (κ1) is 20.7. The molecule has 2 atom stereocenters. The number of carbonyl (C=O) groups excluding carboxylic acids is 1. The summed E-state index contributed by atoms with van der Waals surface area (Å²) in [5.41, 5.74) is 5.69. The zero-order valence-corrected chi connectivity index (χ0v) is 15.2. The zero-order chi connectivity index (χ0) is 18.4. The van der Waals surface area contributed by atoms with Gasteiger partial charge in [-0.25, -0.2) is 0 Å². The van der Waals surface area contributed by atoms with Gasteiger partial charge in [-0.05, 0) is 31.9 Å². The van der Waals surface area contributed by atoms with Crippen LogP contribution in [0.25, 0.3) is 10.6 Å². The van der Waals surface area contributed by atoms with Gasteiger partial charge in [-0.2, -0.15) is 13.2 Å². The molecular weight excluding hydrogens is 395 g/mol. The lowest BCUT2D eigenvalue weighted by Gasteiger charge is -2.35. The van der Waals surface area contributed by atoms with Crippen LogP contribution < -0.4 is 5.73 Å². The molecule has 26 heavy (non-hydrogen) atoms. The maximum absolute atomic E-state index is 12.8. The molecule has 2 aromatic rings. The number of piperidine rings is 1. The van der Waals surface area contributed by atoms with E-state index in [1.165, 1.54) is 24.0 Å². The van der Waals surface area contributed by atoms with Gasteiger partial charge in [0.05, 0.1) is 9.75 Å². The molecule has 1 fully saturated rings. The average molecular weight is 412 g/mol. The highest BCUT2D eigenvalue weighted by Gasteiger charge is 2.39. The Morgan fingerprint density at radius 2 is 2.15 bits per heavy atom. The largest absolute Gasteiger partial charge is 0.452 e. The van der Waals surface area contributed by atoms with Crippen molar-refractivity contribution in [1.29, 1.82) is 0 Å². The van der Waals surface area contributed by atoms with Crippen LogP contribution in [0.15, 0.2) is 16.7 Å². The van der Waals surface area contributed by atoms with Gasteiger partial charge in [0.2, 0.25) is 5.76 Å². The van der Waals surface area contributed by atoms with Crippen molar-refractivity contribution >= 4 is 29.7 Å². The van der Waals surface area contributed by atoms with Gasteiger partial charge in [-0.1, -0.05) is 5.16 Å². The predicted octanol–water partition coefficient (Wildman–Crippen LogP) is 3.03. The number of aliphatic hydroxyl groups is 1. The van der Waals surface area contributed by atoms with E-state index >= 15 is 0 Å². The number of carbonyl (C=O) groups is 1. The molecular formula is C15H17ClF3N3O3S. The second kappa shape index (κ2) is 7.55. The third-order valence-electron chi connectivity index (χ3n) is 4.13. The molecule has 1 aliphatic rings. The van der Waals surface area contributed by atoms with Crippen LogP contribution >= 0.6 is 23.7 Å². The smallest absolute Gasteiger partial charge is 0.372 e. The van der Waals surface area contributed by atoms with Crippen molar-refractivity contribution in [2.75, 3.05) is 6.54 Å². The lowest BCUT2D eigenvalue weighted by atomic mass is 10.0. The fraction of sp³-hybridized carbons (Fsp3) is 0.467. The summed E-state index contributed by atoms with van der Waals surface area (Å²) in [7, 11) is 0. The highest BCUT2D eigenvalue weighted by Crippen LogP contribution is 2.38. The van der Waals surface area contributed by atoms with Crippen molar-refractivity contribution in [3.8, 4) is 10.6 Å². The summed E-state index contributed by atoms with van der Waals surface area (Å²) < 4.78 is 42.8. The van der Waals surface area contributed by atoms with Gasteiger partial charge in [0.25, 0.3) is 5.91 Å². The minimum atomic E-state index is -4.63. The molecule has 3 N–H and O–H groups in total. The third kappa shape index (κ3) is 3.73. The van der Waals surface area contributed by atoms with Gasteiger partial charge in [0, 0.05) is 18.2 Å². The summed E-state index contributed by atoms with van der Waals surface area (Å²) in [6.45, 7) is 1.64. The number of likely N-dealkylation sites (tertiary alicyclic amines) is 1. The molecule has 0 radical (unpaired) electrons. The fourth-order valence-corrected chi connectivity index (χ4v) is 3.78. The number of nitrogens with two attached hydrogens (primary N) is 1. The molecule has 0 spiro atoms. The molecule has 1 aliphatic heterocycles. The molecule has 3 rings (SSSR count). The minimum Gasteiger partial charge on any atom is -0.372 e. The molecule has 0 bridgehead atoms. The molecule has 2 aromatic heterocycles. The number of amides is 1. The molecule has 1 unspecified atom stereocenters. The first-order valence-corrected chi connectivity index (χ1v) is 8.40. The van der Waals surface area contributed by atoms with Crippen molar-refractivity contribution in [2.45, 2.75) is 38.2 Å². The summed E-state index contributed by atoms with van der Waals surface area (Å²) in [6, 6.07) is 2.50. The van der Waals surface area contributed by atoms with Gasteiger partial charge in [0.1, 0.15) is 11.9 Å². The molecule has 1 amide bonds. The van der Waals surface area contributed by atoms with Crippen LogP contribution in [-0.2, 0) is 6.18 Å². The van der Waals surface area contributed by atoms with E-state index in [9.17, 15) is 23.1 Å². The number of aromatic nitrogens is 1. The standard InChI is InChI=1S/C15H16F3N3O3S.ClH/c1-7-11(20-24-12(7)15(16,17)18)9-4-5-10(25-9)14(23)21-6-2-3-8(19)13(21)22;/h4-5,8,13,22H,2-3,6,19H2,1H3;1H/t8?,13-;/m1./s1. The zero-order valence-electron chi connectivity index (χ0n) is 13.6. The average Bonchev–Trinajstić information content (AvgIpc) is 3.15. The normalized spacial score (nSPS) is 20.8. The van der Waals surface area contributed by atoms with Crippen LogP contribution in [0.5, 0.6) is 0 Å². The van der Waals surface area contributed by atoms with Gasteiger partial charge in [0.15, 0.2) is 0 Å². The minimum absolute atomic E-state index is 0. The van der Waals surface area contributed by atoms with E-state index in [1.54, 1.807) is 0 Å². The van der Waals surface area contributed by atoms with Gasteiger partial charge in [-0.15, -0.1) is 23.7 Å². The molecule has 144 valence electrons. The first-order chi connectivity index (χ1) is 11.7. The van der Waals surface area contributed by atoms with Crippen molar-refractivity contribution in [1.82, 2.24) is 10.1 Å². The number of nitrogens with zero attached hydrogens (tertiary/aromatic N) is 2. The summed E-state index contributed by atoms with van der Waals surface area (Å²) in [5.74, 6) is -1.56. The van der Waals surface area contributed by atoms with E-state index in [-0.39, 0.29) is 23.7 Å². The van der Waals surface area contributed by atoms with Gasteiger partial charge >= 0.3 is 6.18 Å².